The Balaban J connectivity index is 2.04. The number of hydrogen-bond acceptors (Lipinski definition) is 4. The topological polar surface area (TPSA) is 65.9 Å². The Morgan fingerprint density at radius 1 is 1.31 bits per heavy atom. The van der Waals surface area contributed by atoms with E-state index in [4.69, 9.17) is 4.74 Å². The van der Waals surface area contributed by atoms with Gasteiger partial charge in [-0.3, -0.25) is 0 Å². The summed E-state index contributed by atoms with van der Waals surface area (Å²) >= 11 is 1.54. The van der Waals surface area contributed by atoms with E-state index < -0.39 is 5.60 Å². The van der Waals surface area contributed by atoms with Gasteiger partial charge < -0.3 is 20.5 Å². The van der Waals surface area contributed by atoms with Crippen molar-refractivity contribution >= 4 is 17.3 Å². The van der Waals surface area contributed by atoms with Crippen LogP contribution in [0.3, 0.4) is 0 Å². The Labute approximate surface area is 159 Å². The Hall–Kier alpha value is -2.31. The van der Waals surface area contributed by atoms with Gasteiger partial charge in [-0.15, -0.1) is 11.3 Å². The van der Waals surface area contributed by atoms with Crippen molar-refractivity contribution in [3.05, 3.63) is 64.9 Å². The Morgan fingerprint density at radius 3 is 2.81 bits per heavy atom. The molecule has 0 saturated heterocycles. The molecule has 0 amide bonds. The van der Waals surface area contributed by atoms with E-state index in [2.05, 4.69) is 22.2 Å². The molecule has 0 spiro atoms. The average molecular weight is 374 g/mol. The number of ether oxygens (including phenoxy) is 1. The van der Waals surface area contributed by atoms with Crippen molar-refractivity contribution in [3.63, 3.8) is 0 Å². The van der Waals surface area contributed by atoms with Crippen molar-refractivity contribution < 1.29 is 9.84 Å². The monoisotopic (exact) mass is 373 g/mol. The van der Waals surface area contributed by atoms with Gasteiger partial charge in [-0.25, -0.2) is 4.99 Å². The molecule has 0 fully saturated rings. The normalized spacial score (nSPS) is 13.7. The lowest BCUT2D eigenvalue weighted by Gasteiger charge is -2.23. The van der Waals surface area contributed by atoms with E-state index in [-0.39, 0.29) is 0 Å². The summed E-state index contributed by atoms with van der Waals surface area (Å²) in [6, 6.07) is 11.7. The van der Waals surface area contributed by atoms with Crippen LogP contribution < -0.4 is 15.4 Å². The number of rotatable bonds is 9. The quantitative estimate of drug-likeness (QED) is 0.359. The van der Waals surface area contributed by atoms with Crippen LogP contribution in [0.2, 0.25) is 0 Å². The molecule has 1 heterocycles. The summed E-state index contributed by atoms with van der Waals surface area (Å²) in [6.45, 7) is 9.53. The highest BCUT2D eigenvalue weighted by molar-refractivity contribution is 7.10. The Morgan fingerprint density at radius 2 is 2.12 bits per heavy atom. The molecular formula is C20H27N3O2S. The zero-order valence-corrected chi connectivity index (χ0v) is 16.2. The van der Waals surface area contributed by atoms with E-state index in [0.717, 1.165) is 22.7 Å². The van der Waals surface area contributed by atoms with E-state index in [1.165, 1.54) is 11.3 Å². The lowest BCUT2D eigenvalue weighted by molar-refractivity contribution is 0.0655. The van der Waals surface area contributed by atoms with Crippen molar-refractivity contribution in [2.24, 2.45) is 4.99 Å². The molecule has 0 radical (unpaired) electrons. The maximum Gasteiger partial charge on any atom is 0.191 e. The summed E-state index contributed by atoms with van der Waals surface area (Å²) in [5.41, 5.74) is 0.0478. The number of benzene rings is 1. The third-order valence-electron chi connectivity index (χ3n) is 3.73. The van der Waals surface area contributed by atoms with Crippen molar-refractivity contribution in [1.29, 1.82) is 0 Å². The molecule has 1 aromatic carbocycles. The van der Waals surface area contributed by atoms with Crippen molar-refractivity contribution in [2.75, 3.05) is 19.7 Å². The molecular weight excluding hydrogens is 346 g/mol. The van der Waals surface area contributed by atoms with Crippen molar-refractivity contribution in [3.8, 4) is 5.75 Å². The van der Waals surface area contributed by atoms with Crippen LogP contribution in [0.25, 0.3) is 0 Å². The molecule has 1 atom stereocenters. The summed E-state index contributed by atoms with van der Waals surface area (Å²) in [5.74, 6) is 1.46. The minimum atomic E-state index is -0.949. The first kappa shape index (κ1) is 20.0. The summed E-state index contributed by atoms with van der Waals surface area (Å²) in [5, 5.41) is 19.0. The van der Waals surface area contributed by atoms with E-state index in [1.54, 1.807) is 13.0 Å². The zero-order chi connectivity index (χ0) is 18.8. The largest absolute Gasteiger partial charge is 0.489 e. The standard InChI is InChI=1S/C20H27N3O2S/c1-4-12-25-17-10-7-6-9-16(17)14-22-19(21-5-2)23-15-20(3,24)18-11-8-13-26-18/h4,6-11,13,24H,1,5,12,14-15H2,2-3H3,(H2,21,22,23). The third-order valence-corrected chi connectivity index (χ3v) is 4.86. The summed E-state index contributed by atoms with van der Waals surface area (Å²) in [7, 11) is 0. The molecule has 1 unspecified atom stereocenters. The maximum absolute atomic E-state index is 10.7. The fourth-order valence-electron chi connectivity index (χ4n) is 2.36. The van der Waals surface area contributed by atoms with Crippen LogP contribution in [0.15, 0.2) is 59.4 Å². The molecule has 0 saturated carbocycles. The molecule has 5 nitrogen and oxygen atoms in total. The van der Waals surface area contributed by atoms with Gasteiger partial charge in [-0.1, -0.05) is 36.9 Å². The molecule has 0 aliphatic carbocycles. The molecule has 140 valence electrons. The highest BCUT2D eigenvalue weighted by atomic mass is 32.1. The molecule has 3 N–H and O–H groups in total. The van der Waals surface area contributed by atoms with Gasteiger partial charge in [0.15, 0.2) is 5.96 Å². The molecule has 0 bridgehead atoms. The number of aliphatic imine (C=N–C) groups is 1. The number of hydrogen-bond donors (Lipinski definition) is 3. The number of guanidine groups is 1. The van der Waals surface area contributed by atoms with Crippen LogP contribution >= 0.6 is 11.3 Å². The predicted octanol–water partition coefficient (Wildman–Crippen LogP) is 3.28. The van der Waals surface area contributed by atoms with Gasteiger partial charge in [-0.2, -0.15) is 0 Å². The lowest BCUT2D eigenvalue weighted by Crippen LogP contribution is -2.44. The molecule has 0 aliphatic rings. The van der Waals surface area contributed by atoms with Crippen molar-refractivity contribution in [2.45, 2.75) is 26.0 Å². The zero-order valence-electron chi connectivity index (χ0n) is 15.4. The van der Waals surface area contributed by atoms with Gasteiger partial charge in [0.2, 0.25) is 0 Å². The predicted molar refractivity (Wildman–Crippen MR) is 109 cm³/mol. The van der Waals surface area contributed by atoms with Gasteiger partial charge >= 0.3 is 0 Å². The maximum atomic E-state index is 10.7. The third kappa shape index (κ3) is 5.89. The highest BCUT2D eigenvalue weighted by Gasteiger charge is 2.24. The fourth-order valence-corrected chi connectivity index (χ4v) is 3.14. The first-order chi connectivity index (χ1) is 12.6. The minimum Gasteiger partial charge on any atom is -0.489 e. The second-order valence-corrected chi connectivity index (χ2v) is 6.95. The summed E-state index contributed by atoms with van der Waals surface area (Å²) in [6.07, 6.45) is 1.72. The molecule has 2 rings (SSSR count). The first-order valence-electron chi connectivity index (χ1n) is 8.67. The average Bonchev–Trinajstić information content (AvgIpc) is 3.19. The molecule has 1 aromatic heterocycles. The van der Waals surface area contributed by atoms with Gasteiger partial charge in [0, 0.05) is 17.0 Å². The summed E-state index contributed by atoms with van der Waals surface area (Å²) < 4.78 is 5.67. The first-order valence-corrected chi connectivity index (χ1v) is 9.55. The van der Waals surface area contributed by atoms with Crippen molar-refractivity contribution in [1.82, 2.24) is 10.6 Å². The number of aliphatic hydroxyl groups is 1. The van der Waals surface area contributed by atoms with Crippen LogP contribution in [0.4, 0.5) is 0 Å². The van der Waals surface area contributed by atoms with Gasteiger partial charge in [0.25, 0.3) is 0 Å². The van der Waals surface area contributed by atoms with Crippen LogP contribution in [-0.4, -0.2) is 30.8 Å². The fraction of sp³-hybridized carbons (Fsp3) is 0.350. The number of para-hydroxylation sites is 1. The van der Waals surface area contributed by atoms with Crippen LogP contribution in [0.5, 0.6) is 5.75 Å². The Bertz CT molecular complexity index is 712. The highest BCUT2D eigenvalue weighted by Crippen LogP contribution is 2.24. The van der Waals surface area contributed by atoms with Crippen LogP contribution in [0, 0.1) is 0 Å². The number of nitrogens with one attached hydrogen (secondary N) is 2. The number of thiophene rings is 1. The van der Waals surface area contributed by atoms with E-state index in [0.29, 0.717) is 25.7 Å². The van der Waals surface area contributed by atoms with Crippen LogP contribution in [-0.2, 0) is 12.1 Å². The second kappa shape index (κ2) is 9.99. The Kier molecular flexibility index (Phi) is 7.69. The SMILES string of the molecule is C=CCOc1ccccc1CN=C(NCC)NCC(C)(O)c1cccs1. The second-order valence-electron chi connectivity index (χ2n) is 6.01. The van der Waals surface area contributed by atoms with E-state index in [9.17, 15) is 5.11 Å². The van der Waals surface area contributed by atoms with Crippen LogP contribution in [0.1, 0.15) is 24.3 Å². The molecule has 6 heteroatoms. The van der Waals surface area contributed by atoms with Gasteiger partial charge in [0.05, 0.1) is 13.1 Å². The van der Waals surface area contributed by atoms with E-state index >= 15 is 0 Å². The van der Waals surface area contributed by atoms with Gasteiger partial charge in [-0.05, 0) is 31.4 Å². The molecule has 26 heavy (non-hydrogen) atoms. The van der Waals surface area contributed by atoms with Gasteiger partial charge in [0.1, 0.15) is 18.0 Å². The smallest absolute Gasteiger partial charge is 0.191 e. The lowest BCUT2D eigenvalue weighted by atomic mass is 10.1. The number of nitrogens with zero attached hydrogens (tertiary/aromatic N) is 1. The minimum absolute atomic E-state index is 0.369. The molecule has 0 aliphatic heterocycles. The van der Waals surface area contributed by atoms with E-state index in [1.807, 2.05) is 48.7 Å². The summed E-state index contributed by atoms with van der Waals surface area (Å²) in [4.78, 5) is 5.54. The molecule has 2 aromatic rings.